The van der Waals surface area contributed by atoms with Crippen LogP contribution < -0.4 is 11.1 Å². The predicted octanol–water partition coefficient (Wildman–Crippen LogP) is 2.55. The molecule has 0 radical (unpaired) electrons. The summed E-state index contributed by atoms with van der Waals surface area (Å²) in [7, 11) is 0. The predicted molar refractivity (Wildman–Crippen MR) is 68.9 cm³/mol. The number of nitrogens with two attached hydrogens (primary N) is 1. The molecule has 0 amide bonds. The van der Waals surface area contributed by atoms with E-state index in [0.29, 0.717) is 12.0 Å². The largest absolute Gasteiger partial charge is 0.327 e. The van der Waals surface area contributed by atoms with Gasteiger partial charge < -0.3 is 11.1 Å². The topological polar surface area (TPSA) is 38.0 Å². The van der Waals surface area contributed by atoms with E-state index in [-0.39, 0.29) is 0 Å². The van der Waals surface area contributed by atoms with Crippen LogP contribution in [0.5, 0.6) is 0 Å². The van der Waals surface area contributed by atoms with E-state index in [1.54, 1.807) is 0 Å². The zero-order valence-electron chi connectivity index (χ0n) is 10.6. The van der Waals surface area contributed by atoms with Gasteiger partial charge in [-0.3, -0.25) is 0 Å². The van der Waals surface area contributed by atoms with E-state index >= 15 is 0 Å². The minimum Gasteiger partial charge on any atom is -0.327 e. The van der Waals surface area contributed by atoms with Crippen molar-refractivity contribution < 1.29 is 0 Å². The van der Waals surface area contributed by atoms with Crippen LogP contribution in [0.1, 0.15) is 40.0 Å². The average Bonchev–Trinajstić information content (AvgIpc) is 2.19. The van der Waals surface area contributed by atoms with Crippen LogP contribution in [0.3, 0.4) is 0 Å². The summed E-state index contributed by atoms with van der Waals surface area (Å²) in [5.74, 6) is 1.55. The first-order valence-corrected chi connectivity index (χ1v) is 6.15. The summed E-state index contributed by atoms with van der Waals surface area (Å²) in [6, 6.07) is 0.342. The molecule has 15 heavy (non-hydrogen) atoms. The normalized spacial score (nSPS) is 19.3. The summed E-state index contributed by atoms with van der Waals surface area (Å²) >= 11 is 0. The van der Waals surface area contributed by atoms with Crippen molar-refractivity contribution in [2.75, 3.05) is 13.1 Å². The van der Waals surface area contributed by atoms with Gasteiger partial charge in [0.15, 0.2) is 0 Å². The molecule has 1 fully saturated rings. The third-order valence-corrected chi connectivity index (χ3v) is 2.43. The maximum Gasteiger partial charge on any atom is 0.0103 e. The molecule has 0 spiro atoms. The standard InChI is InChI=1S/C9H18N2.C4H10/c1-2-3-9(10)8-4-6-11-7-5-8;1-4(2)3/h2,8-9,11H,1,3-7,10H2;4H,1-3H3. The molecule has 0 saturated carbocycles. The van der Waals surface area contributed by atoms with Crippen molar-refractivity contribution in [3.8, 4) is 0 Å². The number of nitrogens with one attached hydrogen (secondary N) is 1. The minimum absolute atomic E-state index is 0.342. The van der Waals surface area contributed by atoms with Gasteiger partial charge in [-0.15, -0.1) is 6.58 Å². The van der Waals surface area contributed by atoms with E-state index in [1.165, 1.54) is 12.8 Å². The van der Waals surface area contributed by atoms with Gasteiger partial charge in [-0.25, -0.2) is 0 Å². The molecular formula is C13H28N2. The third kappa shape index (κ3) is 8.64. The van der Waals surface area contributed by atoms with Crippen molar-refractivity contribution in [3.05, 3.63) is 12.7 Å². The van der Waals surface area contributed by atoms with Crippen LogP contribution in [0.4, 0.5) is 0 Å². The van der Waals surface area contributed by atoms with Gasteiger partial charge in [0.1, 0.15) is 0 Å². The Balaban J connectivity index is 0.000000423. The van der Waals surface area contributed by atoms with Crippen molar-refractivity contribution >= 4 is 0 Å². The van der Waals surface area contributed by atoms with E-state index in [2.05, 4.69) is 32.7 Å². The zero-order valence-corrected chi connectivity index (χ0v) is 10.6. The first-order chi connectivity index (χ1) is 7.07. The second-order valence-corrected chi connectivity index (χ2v) is 5.01. The molecule has 1 rings (SSSR count). The van der Waals surface area contributed by atoms with Crippen LogP contribution in [-0.2, 0) is 0 Å². The van der Waals surface area contributed by atoms with E-state index in [9.17, 15) is 0 Å². The lowest BCUT2D eigenvalue weighted by Gasteiger charge is -2.27. The van der Waals surface area contributed by atoms with E-state index in [0.717, 1.165) is 25.4 Å². The first kappa shape index (κ1) is 14.7. The quantitative estimate of drug-likeness (QED) is 0.706. The highest BCUT2D eigenvalue weighted by molar-refractivity contribution is 4.83. The molecule has 1 unspecified atom stereocenters. The van der Waals surface area contributed by atoms with Crippen molar-refractivity contribution in [3.63, 3.8) is 0 Å². The molecule has 0 aromatic rings. The molecule has 0 aliphatic carbocycles. The summed E-state index contributed by atoms with van der Waals surface area (Å²) in [6.45, 7) is 12.5. The molecule has 0 aromatic heterocycles. The smallest absolute Gasteiger partial charge is 0.0103 e. The van der Waals surface area contributed by atoms with Gasteiger partial charge in [-0.1, -0.05) is 26.8 Å². The minimum atomic E-state index is 0.342. The highest BCUT2D eigenvalue weighted by atomic mass is 14.9. The van der Waals surface area contributed by atoms with Crippen molar-refractivity contribution in [2.24, 2.45) is 17.6 Å². The number of hydrogen-bond acceptors (Lipinski definition) is 2. The third-order valence-electron chi connectivity index (χ3n) is 2.43. The van der Waals surface area contributed by atoms with Crippen molar-refractivity contribution in [1.29, 1.82) is 0 Å². The molecule has 1 atom stereocenters. The molecule has 0 aromatic carbocycles. The highest BCUT2D eigenvalue weighted by Gasteiger charge is 2.18. The highest BCUT2D eigenvalue weighted by Crippen LogP contribution is 2.16. The Kier molecular flexibility index (Phi) is 8.73. The number of hydrogen-bond donors (Lipinski definition) is 2. The molecule has 1 aliphatic heterocycles. The fraction of sp³-hybridized carbons (Fsp3) is 0.846. The van der Waals surface area contributed by atoms with Gasteiger partial charge in [0.25, 0.3) is 0 Å². The number of rotatable bonds is 3. The SMILES string of the molecule is C=CCC(N)C1CCNCC1.CC(C)C. The lowest BCUT2D eigenvalue weighted by molar-refractivity contribution is 0.319. The van der Waals surface area contributed by atoms with Crippen LogP contribution >= 0.6 is 0 Å². The lowest BCUT2D eigenvalue weighted by Crippen LogP contribution is -2.38. The van der Waals surface area contributed by atoms with Gasteiger partial charge in [-0.2, -0.15) is 0 Å². The van der Waals surface area contributed by atoms with Crippen LogP contribution in [0.15, 0.2) is 12.7 Å². The van der Waals surface area contributed by atoms with Gasteiger partial charge in [-0.05, 0) is 44.2 Å². The maximum absolute atomic E-state index is 5.96. The van der Waals surface area contributed by atoms with E-state index in [1.807, 2.05) is 6.08 Å². The van der Waals surface area contributed by atoms with Crippen molar-refractivity contribution in [2.45, 2.75) is 46.1 Å². The van der Waals surface area contributed by atoms with Gasteiger partial charge in [0.2, 0.25) is 0 Å². The number of piperidine rings is 1. The summed E-state index contributed by atoms with van der Waals surface area (Å²) in [5, 5.41) is 3.33. The Bertz CT molecular complexity index is 146. The summed E-state index contributed by atoms with van der Waals surface area (Å²) in [4.78, 5) is 0. The summed E-state index contributed by atoms with van der Waals surface area (Å²) in [5.41, 5.74) is 5.96. The summed E-state index contributed by atoms with van der Waals surface area (Å²) < 4.78 is 0. The Morgan fingerprint density at radius 1 is 1.33 bits per heavy atom. The Labute approximate surface area is 95.3 Å². The van der Waals surface area contributed by atoms with Crippen molar-refractivity contribution in [1.82, 2.24) is 5.32 Å². The maximum atomic E-state index is 5.96. The Morgan fingerprint density at radius 3 is 2.20 bits per heavy atom. The monoisotopic (exact) mass is 212 g/mol. The molecule has 0 bridgehead atoms. The average molecular weight is 212 g/mol. The van der Waals surface area contributed by atoms with Gasteiger partial charge in [0.05, 0.1) is 0 Å². The van der Waals surface area contributed by atoms with Crippen LogP contribution in [0.25, 0.3) is 0 Å². The molecule has 1 heterocycles. The van der Waals surface area contributed by atoms with E-state index in [4.69, 9.17) is 5.73 Å². The molecule has 90 valence electrons. The molecule has 2 heteroatoms. The fourth-order valence-corrected chi connectivity index (χ4v) is 1.66. The molecule has 1 saturated heterocycles. The van der Waals surface area contributed by atoms with Crippen LogP contribution in [0, 0.1) is 11.8 Å². The lowest BCUT2D eigenvalue weighted by atomic mass is 9.89. The molecule has 1 aliphatic rings. The molecule has 3 N–H and O–H groups in total. The Morgan fingerprint density at radius 2 is 1.80 bits per heavy atom. The van der Waals surface area contributed by atoms with Crippen LogP contribution in [-0.4, -0.2) is 19.1 Å². The summed E-state index contributed by atoms with van der Waals surface area (Å²) in [6.07, 6.45) is 5.35. The fourth-order valence-electron chi connectivity index (χ4n) is 1.66. The second kappa shape index (κ2) is 8.93. The molecular weight excluding hydrogens is 184 g/mol. The van der Waals surface area contributed by atoms with Gasteiger partial charge in [0, 0.05) is 6.04 Å². The Hall–Kier alpha value is -0.340. The second-order valence-electron chi connectivity index (χ2n) is 5.01. The first-order valence-electron chi connectivity index (χ1n) is 6.15. The van der Waals surface area contributed by atoms with E-state index < -0.39 is 0 Å². The van der Waals surface area contributed by atoms with Gasteiger partial charge >= 0.3 is 0 Å². The van der Waals surface area contributed by atoms with Crippen LogP contribution in [0.2, 0.25) is 0 Å². The zero-order chi connectivity index (χ0) is 11.7. The molecule has 2 nitrogen and oxygen atoms in total.